The first-order valence-electron chi connectivity index (χ1n) is 5.01. The third-order valence-corrected chi connectivity index (χ3v) is 2.20. The molecule has 90 valence electrons. The molecule has 0 aromatic heterocycles. The van der Waals surface area contributed by atoms with Gasteiger partial charge >= 0.3 is 6.09 Å². The van der Waals surface area contributed by atoms with Crippen LogP contribution in [-0.2, 0) is 4.74 Å². The van der Waals surface area contributed by atoms with Crippen LogP contribution in [0.2, 0.25) is 0 Å². The monoisotopic (exact) mass is 228 g/mol. The Morgan fingerprint density at radius 3 is 2.50 bits per heavy atom. The van der Waals surface area contributed by atoms with Gasteiger partial charge in [-0.3, -0.25) is 4.90 Å². The van der Waals surface area contributed by atoms with Gasteiger partial charge in [0.1, 0.15) is 17.8 Å². The van der Waals surface area contributed by atoms with Crippen molar-refractivity contribution < 1.29 is 19.7 Å². The van der Waals surface area contributed by atoms with E-state index in [-0.39, 0.29) is 6.54 Å². The predicted molar refractivity (Wildman–Crippen MR) is 54.4 cm³/mol. The van der Waals surface area contributed by atoms with Crippen molar-refractivity contribution in [3.8, 4) is 6.07 Å². The van der Waals surface area contributed by atoms with Gasteiger partial charge in [0.25, 0.3) is 0 Å². The molecule has 1 fully saturated rings. The standard InChI is InChI=1S/C10H16N2O4/c1-10(2,3)16-9(15)12-5-7(13)8(14)6(12)4-11/h6-8,13-14H,5H2,1-3H3/t6-,7-,8-/m0/s1. The number of β-amino-alcohol motifs (C(OH)–C–C–N with tert-alkyl or cyclic N) is 1. The summed E-state index contributed by atoms with van der Waals surface area (Å²) in [6.07, 6.45) is -3.04. The van der Waals surface area contributed by atoms with Crippen molar-refractivity contribution in [2.24, 2.45) is 0 Å². The van der Waals surface area contributed by atoms with Crippen LogP contribution >= 0.6 is 0 Å². The minimum absolute atomic E-state index is 0.0890. The molecular weight excluding hydrogens is 212 g/mol. The van der Waals surface area contributed by atoms with E-state index in [0.29, 0.717) is 0 Å². The minimum atomic E-state index is -1.24. The first-order valence-corrected chi connectivity index (χ1v) is 5.01. The Morgan fingerprint density at radius 1 is 1.50 bits per heavy atom. The van der Waals surface area contributed by atoms with E-state index in [9.17, 15) is 15.0 Å². The molecule has 0 unspecified atom stereocenters. The lowest BCUT2D eigenvalue weighted by molar-refractivity contribution is 0.0212. The summed E-state index contributed by atoms with van der Waals surface area (Å²) in [7, 11) is 0. The number of carbonyl (C=O) groups is 1. The number of likely N-dealkylation sites (tertiary alicyclic amines) is 1. The number of aliphatic hydroxyl groups excluding tert-OH is 2. The molecule has 6 nitrogen and oxygen atoms in total. The highest BCUT2D eigenvalue weighted by molar-refractivity contribution is 5.69. The Kier molecular flexibility index (Phi) is 3.41. The Morgan fingerprint density at radius 2 is 2.06 bits per heavy atom. The number of nitrogens with zero attached hydrogens (tertiary/aromatic N) is 2. The highest BCUT2D eigenvalue weighted by atomic mass is 16.6. The maximum absolute atomic E-state index is 11.7. The quantitative estimate of drug-likeness (QED) is 0.601. The predicted octanol–water partition coefficient (Wildman–Crippen LogP) is -0.149. The molecule has 1 heterocycles. The van der Waals surface area contributed by atoms with Gasteiger partial charge in [-0.25, -0.2) is 4.79 Å². The van der Waals surface area contributed by atoms with Crippen LogP contribution in [0.5, 0.6) is 0 Å². The van der Waals surface area contributed by atoms with Crippen LogP contribution in [0.4, 0.5) is 4.79 Å². The van der Waals surface area contributed by atoms with Crippen LogP contribution in [0.1, 0.15) is 20.8 Å². The summed E-state index contributed by atoms with van der Waals surface area (Å²) in [6, 6.07) is 0.725. The lowest BCUT2D eigenvalue weighted by Crippen LogP contribution is -2.41. The summed E-state index contributed by atoms with van der Waals surface area (Å²) >= 11 is 0. The van der Waals surface area contributed by atoms with E-state index in [0.717, 1.165) is 4.90 Å². The van der Waals surface area contributed by atoms with Gasteiger partial charge in [-0.1, -0.05) is 0 Å². The van der Waals surface area contributed by atoms with Crippen molar-refractivity contribution in [2.45, 2.75) is 44.6 Å². The summed E-state index contributed by atoms with van der Waals surface area (Å²) < 4.78 is 5.06. The summed E-state index contributed by atoms with van der Waals surface area (Å²) in [6.45, 7) is 5.02. The highest BCUT2D eigenvalue weighted by Crippen LogP contribution is 2.21. The normalized spacial score (nSPS) is 30.0. The van der Waals surface area contributed by atoms with E-state index >= 15 is 0 Å². The molecule has 0 spiro atoms. The zero-order valence-corrected chi connectivity index (χ0v) is 9.54. The number of amides is 1. The number of aliphatic hydroxyl groups is 2. The van der Waals surface area contributed by atoms with Crippen molar-refractivity contribution in [3.63, 3.8) is 0 Å². The van der Waals surface area contributed by atoms with E-state index in [1.807, 2.05) is 0 Å². The summed E-state index contributed by atoms with van der Waals surface area (Å²) in [5, 5.41) is 27.6. The van der Waals surface area contributed by atoms with Crippen molar-refractivity contribution in [2.75, 3.05) is 6.54 Å². The van der Waals surface area contributed by atoms with Gasteiger partial charge in [0.2, 0.25) is 0 Å². The Bertz CT molecular complexity index is 318. The molecule has 0 bridgehead atoms. The second kappa shape index (κ2) is 4.28. The van der Waals surface area contributed by atoms with Crippen LogP contribution in [-0.4, -0.2) is 51.6 Å². The smallest absolute Gasteiger partial charge is 0.411 e. The molecule has 16 heavy (non-hydrogen) atoms. The SMILES string of the molecule is CC(C)(C)OC(=O)N1C[C@H](O)[C@@H](O)[C@@H]1C#N. The largest absolute Gasteiger partial charge is 0.444 e. The average molecular weight is 228 g/mol. The van der Waals surface area contributed by atoms with Gasteiger partial charge in [0.15, 0.2) is 6.04 Å². The number of ether oxygens (including phenoxy) is 1. The minimum Gasteiger partial charge on any atom is -0.444 e. The maximum atomic E-state index is 11.7. The van der Waals surface area contributed by atoms with Gasteiger partial charge in [-0.05, 0) is 20.8 Å². The van der Waals surface area contributed by atoms with E-state index in [1.165, 1.54) is 0 Å². The molecule has 0 aliphatic carbocycles. The molecule has 3 atom stereocenters. The number of carbonyl (C=O) groups excluding carboxylic acids is 1. The number of hydrogen-bond acceptors (Lipinski definition) is 5. The fraction of sp³-hybridized carbons (Fsp3) is 0.800. The average Bonchev–Trinajstić information content (AvgIpc) is 2.40. The first-order chi connectivity index (χ1) is 7.26. The van der Waals surface area contributed by atoms with E-state index in [2.05, 4.69) is 0 Å². The van der Waals surface area contributed by atoms with Crippen LogP contribution in [0.3, 0.4) is 0 Å². The molecular formula is C10H16N2O4. The molecule has 6 heteroatoms. The Hall–Kier alpha value is -1.32. The van der Waals surface area contributed by atoms with Crippen LogP contribution < -0.4 is 0 Å². The van der Waals surface area contributed by atoms with Crippen molar-refractivity contribution >= 4 is 6.09 Å². The fourth-order valence-electron chi connectivity index (χ4n) is 1.47. The lowest BCUT2D eigenvalue weighted by atomic mass is 10.1. The zero-order valence-electron chi connectivity index (χ0n) is 9.54. The van der Waals surface area contributed by atoms with Crippen LogP contribution in [0.25, 0.3) is 0 Å². The van der Waals surface area contributed by atoms with Crippen LogP contribution in [0, 0.1) is 11.3 Å². The molecule has 0 saturated carbocycles. The van der Waals surface area contributed by atoms with Gasteiger partial charge < -0.3 is 14.9 Å². The molecule has 1 aliphatic rings. The molecule has 0 radical (unpaired) electrons. The topological polar surface area (TPSA) is 93.8 Å². The first kappa shape index (κ1) is 12.7. The second-order valence-electron chi connectivity index (χ2n) is 4.76. The Labute approximate surface area is 94.0 Å². The third-order valence-electron chi connectivity index (χ3n) is 2.20. The summed E-state index contributed by atoms with van der Waals surface area (Å²) in [4.78, 5) is 12.7. The van der Waals surface area contributed by atoms with Crippen molar-refractivity contribution in [1.82, 2.24) is 4.90 Å². The highest BCUT2D eigenvalue weighted by Gasteiger charge is 2.44. The van der Waals surface area contributed by atoms with Gasteiger partial charge in [0.05, 0.1) is 12.6 Å². The van der Waals surface area contributed by atoms with E-state index in [1.54, 1.807) is 26.8 Å². The molecule has 1 aliphatic heterocycles. The third kappa shape index (κ3) is 2.62. The number of nitriles is 1. The van der Waals surface area contributed by atoms with Crippen LogP contribution in [0.15, 0.2) is 0 Å². The zero-order chi connectivity index (χ0) is 12.5. The van der Waals surface area contributed by atoms with Crippen molar-refractivity contribution in [1.29, 1.82) is 5.26 Å². The molecule has 2 N–H and O–H groups in total. The van der Waals surface area contributed by atoms with Gasteiger partial charge in [-0.2, -0.15) is 5.26 Å². The molecule has 1 saturated heterocycles. The fourth-order valence-corrected chi connectivity index (χ4v) is 1.47. The maximum Gasteiger partial charge on any atom is 0.411 e. The molecule has 0 aromatic rings. The molecule has 1 rings (SSSR count). The summed E-state index contributed by atoms with van der Waals surface area (Å²) in [5.74, 6) is 0. The van der Waals surface area contributed by atoms with Gasteiger partial charge in [0, 0.05) is 0 Å². The summed E-state index contributed by atoms with van der Waals surface area (Å²) in [5.41, 5.74) is -0.671. The lowest BCUT2D eigenvalue weighted by Gasteiger charge is -2.25. The number of rotatable bonds is 0. The van der Waals surface area contributed by atoms with E-state index < -0.39 is 29.9 Å². The molecule has 0 aromatic carbocycles. The van der Waals surface area contributed by atoms with E-state index in [4.69, 9.17) is 10.00 Å². The second-order valence-corrected chi connectivity index (χ2v) is 4.76. The number of hydrogen-bond donors (Lipinski definition) is 2. The molecule has 1 amide bonds. The van der Waals surface area contributed by atoms with Gasteiger partial charge in [-0.15, -0.1) is 0 Å². The Balaban J connectivity index is 2.74. The van der Waals surface area contributed by atoms with Crippen molar-refractivity contribution in [3.05, 3.63) is 0 Å².